The van der Waals surface area contributed by atoms with Crippen LogP contribution in [0.3, 0.4) is 0 Å². The maximum absolute atomic E-state index is 12.4. The molecule has 2 aromatic rings. The van der Waals surface area contributed by atoms with Gasteiger partial charge in [0.05, 0.1) is 5.41 Å². The fraction of sp³-hybridized carbons (Fsp3) is 0.188. The van der Waals surface area contributed by atoms with E-state index < -0.39 is 5.41 Å². The number of anilines is 1. The molecular formula is C16H16INO. The fourth-order valence-electron chi connectivity index (χ4n) is 1.84. The highest BCUT2D eigenvalue weighted by atomic mass is 127. The van der Waals surface area contributed by atoms with Gasteiger partial charge in [0, 0.05) is 9.26 Å². The zero-order chi connectivity index (χ0) is 13.9. The first-order valence-corrected chi connectivity index (χ1v) is 7.20. The molecule has 98 valence electrons. The molecule has 19 heavy (non-hydrogen) atoms. The van der Waals surface area contributed by atoms with Gasteiger partial charge in [0.1, 0.15) is 0 Å². The van der Waals surface area contributed by atoms with Crippen molar-refractivity contribution < 1.29 is 4.79 Å². The normalized spacial score (nSPS) is 11.1. The van der Waals surface area contributed by atoms with E-state index in [1.807, 2.05) is 68.4 Å². The van der Waals surface area contributed by atoms with E-state index in [2.05, 4.69) is 27.9 Å². The second-order valence-corrected chi connectivity index (χ2v) is 6.20. The number of halogens is 1. The lowest BCUT2D eigenvalue weighted by atomic mass is 9.83. The van der Waals surface area contributed by atoms with E-state index in [0.717, 1.165) is 14.8 Å². The second-order valence-electron chi connectivity index (χ2n) is 4.96. The van der Waals surface area contributed by atoms with Gasteiger partial charge >= 0.3 is 0 Å². The highest BCUT2D eigenvalue weighted by molar-refractivity contribution is 14.1. The standard InChI is InChI=1S/C16H16INO/c1-16(2,12-7-4-3-5-8-12)15(19)18-14-10-6-9-13(17)11-14/h3-11H,1-2H3,(H,18,19). The van der Waals surface area contributed by atoms with Gasteiger partial charge in [-0.1, -0.05) is 36.4 Å². The molecule has 1 amide bonds. The van der Waals surface area contributed by atoms with E-state index in [9.17, 15) is 4.79 Å². The predicted octanol–water partition coefficient (Wildman–Crippen LogP) is 4.21. The lowest BCUT2D eigenvalue weighted by Crippen LogP contribution is -2.34. The highest BCUT2D eigenvalue weighted by Gasteiger charge is 2.29. The summed E-state index contributed by atoms with van der Waals surface area (Å²) in [5.41, 5.74) is 1.29. The first-order chi connectivity index (χ1) is 9.00. The summed E-state index contributed by atoms with van der Waals surface area (Å²) in [4.78, 5) is 12.4. The molecule has 0 heterocycles. The lowest BCUT2D eigenvalue weighted by molar-refractivity contribution is -0.120. The summed E-state index contributed by atoms with van der Waals surface area (Å²) in [5.74, 6) is 0.000648. The number of hydrogen-bond acceptors (Lipinski definition) is 1. The van der Waals surface area contributed by atoms with Crippen molar-refractivity contribution in [2.24, 2.45) is 0 Å². The van der Waals surface area contributed by atoms with Crippen LogP contribution in [0.25, 0.3) is 0 Å². The molecule has 0 aliphatic rings. The van der Waals surface area contributed by atoms with Gasteiger partial charge in [-0.25, -0.2) is 0 Å². The molecule has 0 aliphatic carbocycles. The Balaban J connectivity index is 2.20. The summed E-state index contributed by atoms with van der Waals surface area (Å²) in [6, 6.07) is 17.6. The van der Waals surface area contributed by atoms with Crippen LogP contribution in [-0.2, 0) is 10.2 Å². The third-order valence-electron chi connectivity index (χ3n) is 3.15. The van der Waals surface area contributed by atoms with Crippen LogP contribution in [-0.4, -0.2) is 5.91 Å². The number of amides is 1. The van der Waals surface area contributed by atoms with Gasteiger partial charge in [-0.2, -0.15) is 0 Å². The largest absolute Gasteiger partial charge is 0.325 e. The van der Waals surface area contributed by atoms with Gasteiger partial charge in [0.2, 0.25) is 5.91 Å². The van der Waals surface area contributed by atoms with Crippen molar-refractivity contribution in [3.63, 3.8) is 0 Å². The van der Waals surface area contributed by atoms with E-state index >= 15 is 0 Å². The summed E-state index contributed by atoms with van der Waals surface area (Å²) in [5, 5.41) is 2.98. The van der Waals surface area contributed by atoms with Crippen LogP contribution in [0.5, 0.6) is 0 Å². The van der Waals surface area contributed by atoms with Crippen LogP contribution in [0.1, 0.15) is 19.4 Å². The molecule has 0 unspecified atom stereocenters. The lowest BCUT2D eigenvalue weighted by Gasteiger charge is -2.24. The minimum absolute atomic E-state index is 0.000648. The number of hydrogen-bond donors (Lipinski definition) is 1. The third kappa shape index (κ3) is 3.35. The van der Waals surface area contributed by atoms with Gasteiger partial charge in [0.15, 0.2) is 0 Å². The first-order valence-electron chi connectivity index (χ1n) is 6.13. The van der Waals surface area contributed by atoms with Crippen molar-refractivity contribution in [1.82, 2.24) is 0 Å². The average Bonchev–Trinajstić information content (AvgIpc) is 2.39. The predicted molar refractivity (Wildman–Crippen MR) is 87.3 cm³/mol. The molecule has 0 radical (unpaired) electrons. The number of nitrogens with one attached hydrogen (secondary N) is 1. The number of carbonyl (C=O) groups is 1. The van der Waals surface area contributed by atoms with Crippen LogP contribution < -0.4 is 5.32 Å². The van der Waals surface area contributed by atoms with Crippen LogP contribution in [0.2, 0.25) is 0 Å². The van der Waals surface area contributed by atoms with E-state index in [4.69, 9.17) is 0 Å². The van der Waals surface area contributed by atoms with Gasteiger partial charge in [-0.05, 0) is 60.2 Å². The van der Waals surface area contributed by atoms with E-state index in [1.165, 1.54) is 0 Å². The SMILES string of the molecule is CC(C)(C(=O)Nc1cccc(I)c1)c1ccccc1. The van der Waals surface area contributed by atoms with E-state index in [1.54, 1.807) is 0 Å². The Hall–Kier alpha value is -1.36. The molecule has 1 N–H and O–H groups in total. The monoisotopic (exact) mass is 365 g/mol. The molecule has 0 fully saturated rings. The van der Waals surface area contributed by atoms with Crippen molar-refractivity contribution in [1.29, 1.82) is 0 Å². The second kappa shape index (κ2) is 5.74. The molecule has 0 atom stereocenters. The highest BCUT2D eigenvalue weighted by Crippen LogP contribution is 2.25. The van der Waals surface area contributed by atoms with Gasteiger partial charge in [0.25, 0.3) is 0 Å². The first kappa shape index (κ1) is 14.1. The Kier molecular flexibility index (Phi) is 4.24. The minimum Gasteiger partial charge on any atom is -0.325 e. The molecule has 2 rings (SSSR count). The zero-order valence-electron chi connectivity index (χ0n) is 11.0. The van der Waals surface area contributed by atoms with E-state index in [-0.39, 0.29) is 5.91 Å². The number of rotatable bonds is 3. The Morgan fingerprint density at radius 3 is 2.37 bits per heavy atom. The van der Waals surface area contributed by atoms with E-state index in [0.29, 0.717) is 0 Å². The maximum Gasteiger partial charge on any atom is 0.234 e. The summed E-state index contributed by atoms with van der Waals surface area (Å²) in [7, 11) is 0. The molecule has 0 saturated carbocycles. The molecule has 0 bridgehead atoms. The molecule has 3 heteroatoms. The topological polar surface area (TPSA) is 29.1 Å². The maximum atomic E-state index is 12.4. The van der Waals surface area contributed by atoms with Crippen molar-refractivity contribution in [2.45, 2.75) is 19.3 Å². The van der Waals surface area contributed by atoms with Crippen molar-refractivity contribution in [3.8, 4) is 0 Å². The number of carbonyl (C=O) groups excluding carboxylic acids is 1. The van der Waals surface area contributed by atoms with Crippen molar-refractivity contribution >= 4 is 34.2 Å². The molecular weight excluding hydrogens is 349 g/mol. The van der Waals surface area contributed by atoms with Gasteiger partial charge in [-0.15, -0.1) is 0 Å². The Morgan fingerprint density at radius 1 is 1.05 bits per heavy atom. The minimum atomic E-state index is -0.553. The molecule has 2 aromatic carbocycles. The molecule has 0 saturated heterocycles. The molecule has 0 aromatic heterocycles. The van der Waals surface area contributed by atoms with Crippen LogP contribution in [0, 0.1) is 3.57 Å². The zero-order valence-corrected chi connectivity index (χ0v) is 13.1. The smallest absolute Gasteiger partial charge is 0.234 e. The van der Waals surface area contributed by atoms with Crippen molar-refractivity contribution in [2.75, 3.05) is 5.32 Å². The summed E-state index contributed by atoms with van der Waals surface area (Å²) < 4.78 is 1.10. The van der Waals surface area contributed by atoms with Gasteiger partial charge < -0.3 is 5.32 Å². The number of benzene rings is 2. The quantitative estimate of drug-likeness (QED) is 0.812. The van der Waals surface area contributed by atoms with Crippen LogP contribution >= 0.6 is 22.6 Å². The Morgan fingerprint density at radius 2 is 1.74 bits per heavy atom. The Bertz CT molecular complexity index is 578. The van der Waals surface area contributed by atoms with Crippen LogP contribution in [0.15, 0.2) is 54.6 Å². The summed E-state index contributed by atoms with van der Waals surface area (Å²) in [6.45, 7) is 3.87. The average molecular weight is 365 g/mol. The van der Waals surface area contributed by atoms with Crippen molar-refractivity contribution in [3.05, 3.63) is 63.7 Å². The van der Waals surface area contributed by atoms with Crippen LogP contribution in [0.4, 0.5) is 5.69 Å². The third-order valence-corrected chi connectivity index (χ3v) is 3.82. The Labute approximate surface area is 127 Å². The summed E-state index contributed by atoms with van der Waals surface area (Å²) >= 11 is 2.23. The molecule has 2 nitrogen and oxygen atoms in total. The van der Waals surface area contributed by atoms with Gasteiger partial charge in [-0.3, -0.25) is 4.79 Å². The molecule has 0 spiro atoms. The fourth-order valence-corrected chi connectivity index (χ4v) is 2.38. The molecule has 0 aliphatic heterocycles. The summed E-state index contributed by atoms with van der Waals surface area (Å²) in [6.07, 6.45) is 0.